The number of nitrogens with one attached hydrogen (secondary N) is 2. The number of methoxy groups -OCH3 is 1. The van der Waals surface area contributed by atoms with Crippen LogP contribution in [0.15, 0.2) is 58.8 Å². The number of azo groups is 1. The predicted octanol–water partition coefficient (Wildman–Crippen LogP) is 4.04. The molecule has 0 radical (unpaired) electrons. The maximum absolute atomic E-state index is 10.0. The SMILES string of the molecule is COc1ccc2c(N=NC(=S)NCc3ccccc3)c(O)[nH]c2c1. The quantitative estimate of drug-likeness (QED) is 0.494. The van der Waals surface area contributed by atoms with Crippen LogP contribution < -0.4 is 10.1 Å². The van der Waals surface area contributed by atoms with Crippen LogP contribution in [0.2, 0.25) is 0 Å². The van der Waals surface area contributed by atoms with Crippen molar-refractivity contribution in [3.05, 3.63) is 54.1 Å². The Hall–Kier alpha value is -2.93. The number of nitrogens with zero attached hydrogens (tertiary/aromatic N) is 2. The molecule has 0 aliphatic rings. The number of aromatic nitrogens is 1. The zero-order valence-corrected chi connectivity index (χ0v) is 13.8. The molecular formula is C17H16N4O2S. The van der Waals surface area contributed by atoms with Crippen molar-refractivity contribution in [1.82, 2.24) is 10.3 Å². The maximum Gasteiger partial charge on any atom is 0.218 e. The number of aromatic amines is 1. The lowest BCUT2D eigenvalue weighted by molar-refractivity contribution is 0.415. The molecule has 0 aliphatic heterocycles. The van der Waals surface area contributed by atoms with E-state index < -0.39 is 0 Å². The Morgan fingerprint density at radius 3 is 2.79 bits per heavy atom. The molecule has 1 heterocycles. The molecule has 0 fully saturated rings. The summed E-state index contributed by atoms with van der Waals surface area (Å²) in [6.45, 7) is 0.565. The van der Waals surface area contributed by atoms with Crippen LogP contribution in [-0.2, 0) is 6.54 Å². The standard InChI is InChI=1S/C17H16N4O2S/c1-23-12-7-8-13-14(9-12)19-16(22)15(13)20-21-17(24)18-10-11-5-3-2-4-6-11/h2-9,19,22H,10H2,1H3,(H,18,24). The van der Waals surface area contributed by atoms with Gasteiger partial charge in [-0.25, -0.2) is 0 Å². The molecule has 122 valence electrons. The second-order valence-corrected chi connectivity index (χ2v) is 5.46. The molecule has 0 spiro atoms. The third kappa shape index (κ3) is 3.52. The first-order valence-corrected chi connectivity index (χ1v) is 7.70. The van der Waals surface area contributed by atoms with Gasteiger partial charge in [-0.05, 0) is 29.9 Å². The lowest BCUT2D eigenvalue weighted by Gasteiger charge is -2.02. The molecular weight excluding hydrogens is 324 g/mol. The average molecular weight is 340 g/mol. The van der Waals surface area contributed by atoms with Crippen molar-refractivity contribution < 1.29 is 9.84 Å². The van der Waals surface area contributed by atoms with Crippen LogP contribution in [0.5, 0.6) is 11.6 Å². The minimum Gasteiger partial charge on any atom is -0.497 e. The smallest absolute Gasteiger partial charge is 0.218 e. The highest BCUT2D eigenvalue weighted by molar-refractivity contribution is 7.80. The highest BCUT2D eigenvalue weighted by atomic mass is 32.1. The molecule has 3 aromatic rings. The fraction of sp³-hybridized carbons (Fsp3) is 0.118. The van der Waals surface area contributed by atoms with E-state index >= 15 is 0 Å². The summed E-state index contributed by atoms with van der Waals surface area (Å²) in [5, 5.41) is 22.0. The van der Waals surface area contributed by atoms with Gasteiger partial charge in [0.1, 0.15) is 5.75 Å². The van der Waals surface area contributed by atoms with Crippen LogP contribution in [0.25, 0.3) is 10.9 Å². The number of fused-ring (bicyclic) bond motifs is 1. The van der Waals surface area contributed by atoms with Crippen LogP contribution in [0, 0.1) is 0 Å². The van der Waals surface area contributed by atoms with Gasteiger partial charge in [0.15, 0.2) is 5.69 Å². The zero-order valence-electron chi connectivity index (χ0n) is 13.0. The molecule has 2 aromatic carbocycles. The van der Waals surface area contributed by atoms with Crippen LogP contribution in [0.1, 0.15) is 5.56 Å². The van der Waals surface area contributed by atoms with Crippen LogP contribution in [0.3, 0.4) is 0 Å². The maximum atomic E-state index is 10.0. The molecule has 1 aromatic heterocycles. The van der Waals surface area contributed by atoms with E-state index in [-0.39, 0.29) is 11.0 Å². The minimum absolute atomic E-state index is 0.0622. The van der Waals surface area contributed by atoms with Gasteiger partial charge in [-0.3, -0.25) is 0 Å². The topological polar surface area (TPSA) is 82.0 Å². The molecule has 6 nitrogen and oxygen atoms in total. The summed E-state index contributed by atoms with van der Waals surface area (Å²) in [5.74, 6) is 0.625. The molecule has 3 rings (SSSR count). The summed E-state index contributed by atoms with van der Waals surface area (Å²) < 4.78 is 5.16. The van der Waals surface area contributed by atoms with Gasteiger partial charge in [-0.2, -0.15) is 0 Å². The van der Waals surface area contributed by atoms with Crippen molar-refractivity contribution >= 4 is 33.9 Å². The zero-order chi connectivity index (χ0) is 16.9. The number of hydrogen-bond acceptors (Lipinski definition) is 4. The third-order valence-corrected chi connectivity index (χ3v) is 3.71. The summed E-state index contributed by atoms with van der Waals surface area (Å²) in [6, 6.07) is 15.2. The van der Waals surface area contributed by atoms with E-state index in [0.717, 1.165) is 10.9 Å². The van der Waals surface area contributed by atoms with Crippen molar-refractivity contribution in [2.24, 2.45) is 10.2 Å². The van der Waals surface area contributed by atoms with Gasteiger partial charge in [0.05, 0.1) is 12.6 Å². The molecule has 0 atom stereocenters. The van der Waals surface area contributed by atoms with Crippen LogP contribution in [0.4, 0.5) is 5.69 Å². The molecule has 0 amide bonds. The van der Waals surface area contributed by atoms with Crippen LogP contribution in [-0.4, -0.2) is 22.3 Å². The Morgan fingerprint density at radius 2 is 2.04 bits per heavy atom. The molecule has 0 saturated carbocycles. The number of aromatic hydroxyl groups is 1. The van der Waals surface area contributed by atoms with Gasteiger partial charge >= 0.3 is 0 Å². The molecule has 0 saturated heterocycles. The second-order valence-electron chi connectivity index (χ2n) is 5.08. The number of benzene rings is 2. The van der Waals surface area contributed by atoms with Gasteiger partial charge < -0.3 is 20.1 Å². The number of hydrogen-bond donors (Lipinski definition) is 3. The van der Waals surface area contributed by atoms with E-state index in [4.69, 9.17) is 17.0 Å². The van der Waals surface area contributed by atoms with E-state index in [2.05, 4.69) is 20.5 Å². The molecule has 7 heteroatoms. The Balaban J connectivity index is 1.73. The number of H-pyrrole nitrogens is 1. The number of ether oxygens (including phenoxy) is 1. The fourth-order valence-corrected chi connectivity index (χ4v) is 2.39. The van der Waals surface area contributed by atoms with Crippen molar-refractivity contribution in [3.8, 4) is 11.6 Å². The highest BCUT2D eigenvalue weighted by Crippen LogP contribution is 2.36. The normalized spacial score (nSPS) is 11.0. The van der Waals surface area contributed by atoms with E-state index in [1.54, 1.807) is 25.3 Å². The third-order valence-electron chi connectivity index (χ3n) is 3.49. The lowest BCUT2D eigenvalue weighted by Crippen LogP contribution is -2.18. The van der Waals surface area contributed by atoms with Gasteiger partial charge in [-0.15, -0.1) is 10.2 Å². The summed E-state index contributed by atoms with van der Waals surface area (Å²) in [7, 11) is 1.58. The summed E-state index contributed by atoms with van der Waals surface area (Å²) in [4.78, 5) is 2.84. The summed E-state index contributed by atoms with van der Waals surface area (Å²) >= 11 is 5.15. The van der Waals surface area contributed by atoms with Gasteiger partial charge in [-0.1, -0.05) is 30.3 Å². The van der Waals surface area contributed by atoms with Crippen molar-refractivity contribution in [3.63, 3.8) is 0 Å². The highest BCUT2D eigenvalue weighted by Gasteiger charge is 2.11. The van der Waals surface area contributed by atoms with Crippen molar-refractivity contribution in [2.75, 3.05) is 7.11 Å². The molecule has 3 N–H and O–H groups in total. The molecule has 0 bridgehead atoms. The van der Waals surface area contributed by atoms with E-state index in [1.807, 2.05) is 30.3 Å². The van der Waals surface area contributed by atoms with E-state index in [1.165, 1.54) is 0 Å². The van der Waals surface area contributed by atoms with Gasteiger partial charge in [0, 0.05) is 18.0 Å². The fourth-order valence-electron chi connectivity index (χ4n) is 2.28. The summed E-state index contributed by atoms with van der Waals surface area (Å²) in [6.07, 6.45) is 0. The Labute approximate surface area is 144 Å². The van der Waals surface area contributed by atoms with Gasteiger partial charge in [0.25, 0.3) is 0 Å². The first-order valence-electron chi connectivity index (χ1n) is 7.29. The first-order chi connectivity index (χ1) is 11.7. The van der Waals surface area contributed by atoms with E-state index in [0.29, 0.717) is 23.5 Å². The second kappa shape index (κ2) is 7.10. The summed E-state index contributed by atoms with van der Waals surface area (Å²) in [5.41, 5.74) is 2.15. The average Bonchev–Trinajstić information content (AvgIpc) is 2.93. The minimum atomic E-state index is -0.0622. The van der Waals surface area contributed by atoms with Crippen molar-refractivity contribution in [1.29, 1.82) is 0 Å². The number of thiocarbonyl (C=S) groups is 1. The Kier molecular flexibility index (Phi) is 4.72. The lowest BCUT2D eigenvalue weighted by atomic mass is 10.2. The monoisotopic (exact) mass is 340 g/mol. The molecule has 0 unspecified atom stereocenters. The predicted molar refractivity (Wildman–Crippen MR) is 96.9 cm³/mol. The van der Waals surface area contributed by atoms with Gasteiger partial charge in [0.2, 0.25) is 11.0 Å². The Bertz CT molecular complexity index is 890. The van der Waals surface area contributed by atoms with Crippen molar-refractivity contribution in [2.45, 2.75) is 6.54 Å². The number of rotatable bonds is 4. The Morgan fingerprint density at radius 1 is 1.25 bits per heavy atom. The van der Waals surface area contributed by atoms with Crippen LogP contribution >= 0.6 is 12.2 Å². The first kappa shape index (κ1) is 15.9. The van der Waals surface area contributed by atoms with E-state index in [9.17, 15) is 5.11 Å². The largest absolute Gasteiger partial charge is 0.497 e. The molecule has 24 heavy (non-hydrogen) atoms. The molecule has 0 aliphatic carbocycles.